The quantitative estimate of drug-likeness (QED) is 0.850. The molecule has 0 amide bonds. The largest absolute Gasteiger partial charge is 0.376 e. The first-order valence-corrected chi connectivity index (χ1v) is 9.22. The predicted molar refractivity (Wildman–Crippen MR) is 99.9 cm³/mol. The van der Waals surface area contributed by atoms with Crippen molar-refractivity contribution in [1.82, 2.24) is 4.90 Å². The molecular formula is C22H29NO. The summed E-state index contributed by atoms with van der Waals surface area (Å²) in [4.78, 5) is 2.35. The van der Waals surface area contributed by atoms with E-state index in [4.69, 9.17) is 0 Å². The third-order valence-corrected chi connectivity index (χ3v) is 5.24. The van der Waals surface area contributed by atoms with Crippen LogP contribution in [0, 0.1) is 0 Å². The van der Waals surface area contributed by atoms with Crippen LogP contribution in [0.2, 0.25) is 0 Å². The summed E-state index contributed by atoms with van der Waals surface area (Å²) in [5.74, 6) is 0. The van der Waals surface area contributed by atoms with Crippen molar-refractivity contribution in [2.75, 3.05) is 6.54 Å². The first-order valence-electron chi connectivity index (χ1n) is 9.22. The van der Waals surface area contributed by atoms with E-state index in [1.807, 2.05) is 13.0 Å². The van der Waals surface area contributed by atoms with Crippen LogP contribution < -0.4 is 0 Å². The van der Waals surface area contributed by atoms with Gasteiger partial charge >= 0.3 is 0 Å². The SMILES string of the molecule is C[C@](O)(Cc1ccccc1)N1CCCCC1CCc1ccccc1. The molecule has 2 nitrogen and oxygen atoms in total. The van der Waals surface area contributed by atoms with Gasteiger partial charge in [0.2, 0.25) is 0 Å². The Hall–Kier alpha value is -1.64. The van der Waals surface area contributed by atoms with Crippen LogP contribution in [0.3, 0.4) is 0 Å². The first-order chi connectivity index (χ1) is 11.6. The summed E-state index contributed by atoms with van der Waals surface area (Å²) >= 11 is 0. The van der Waals surface area contributed by atoms with Gasteiger partial charge in [-0.05, 0) is 43.7 Å². The molecule has 0 saturated carbocycles. The highest BCUT2D eigenvalue weighted by Gasteiger charge is 2.35. The molecule has 2 aromatic rings. The number of aryl methyl sites for hydroxylation is 1. The van der Waals surface area contributed by atoms with E-state index < -0.39 is 5.72 Å². The Morgan fingerprint density at radius 2 is 1.58 bits per heavy atom. The lowest BCUT2D eigenvalue weighted by Crippen LogP contribution is -2.55. The Morgan fingerprint density at radius 3 is 2.25 bits per heavy atom. The van der Waals surface area contributed by atoms with E-state index in [1.54, 1.807) is 0 Å². The highest BCUT2D eigenvalue weighted by molar-refractivity contribution is 5.17. The maximum absolute atomic E-state index is 11.2. The van der Waals surface area contributed by atoms with Gasteiger partial charge in [0.25, 0.3) is 0 Å². The summed E-state index contributed by atoms with van der Waals surface area (Å²) in [6.45, 7) is 2.99. The molecule has 0 aromatic heterocycles. The van der Waals surface area contributed by atoms with Crippen molar-refractivity contribution in [2.45, 2.75) is 57.2 Å². The van der Waals surface area contributed by atoms with Crippen LogP contribution >= 0.6 is 0 Å². The average molecular weight is 323 g/mol. The van der Waals surface area contributed by atoms with E-state index in [-0.39, 0.29) is 0 Å². The lowest BCUT2D eigenvalue weighted by molar-refractivity contribution is -0.126. The third kappa shape index (κ3) is 4.46. The number of piperidine rings is 1. The van der Waals surface area contributed by atoms with Gasteiger partial charge in [-0.25, -0.2) is 0 Å². The molecule has 0 spiro atoms. The van der Waals surface area contributed by atoms with Crippen molar-refractivity contribution >= 4 is 0 Å². The number of aliphatic hydroxyl groups is 1. The molecule has 2 atom stereocenters. The number of likely N-dealkylation sites (tertiary alicyclic amines) is 1. The number of hydrogen-bond donors (Lipinski definition) is 1. The molecule has 0 radical (unpaired) electrons. The molecule has 0 bridgehead atoms. The molecular weight excluding hydrogens is 294 g/mol. The van der Waals surface area contributed by atoms with Crippen LogP contribution in [0.25, 0.3) is 0 Å². The Morgan fingerprint density at radius 1 is 0.958 bits per heavy atom. The molecule has 1 aliphatic heterocycles. The first kappa shape index (κ1) is 17.2. The molecule has 1 N–H and O–H groups in total. The predicted octanol–water partition coefficient (Wildman–Crippen LogP) is 4.42. The standard InChI is InChI=1S/C22H29NO/c1-22(24,18-20-12-6-3-7-13-20)23-17-9-8-14-21(23)16-15-19-10-4-2-5-11-19/h2-7,10-13,21,24H,8-9,14-18H2,1H3/t21?,22-/m0/s1. The maximum atomic E-state index is 11.2. The van der Waals surface area contributed by atoms with Crippen LogP contribution in [0.15, 0.2) is 60.7 Å². The molecule has 2 heteroatoms. The van der Waals surface area contributed by atoms with E-state index in [0.29, 0.717) is 12.5 Å². The second-order valence-corrected chi connectivity index (χ2v) is 7.25. The molecule has 0 aliphatic carbocycles. The zero-order chi connectivity index (χ0) is 16.8. The number of rotatable bonds is 6. The molecule has 128 valence electrons. The van der Waals surface area contributed by atoms with Crippen molar-refractivity contribution in [2.24, 2.45) is 0 Å². The second-order valence-electron chi connectivity index (χ2n) is 7.25. The summed E-state index contributed by atoms with van der Waals surface area (Å²) in [5, 5.41) is 11.2. The summed E-state index contributed by atoms with van der Waals surface area (Å²) in [5.41, 5.74) is 1.82. The molecule has 24 heavy (non-hydrogen) atoms. The van der Waals surface area contributed by atoms with Crippen molar-refractivity contribution in [1.29, 1.82) is 0 Å². The van der Waals surface area contributed by atoms with E-state index in [9.17, 15) is 5.11 Å². The zero-order valence-electron chi connectivity index (χ0n) is 14.7. The molecule has 1 saturated heterocycles. The van der Waals surface area contributed by atoms with Crippen LogP contribution in [0.5, 0.6) is 0 Å². The van der Waals surface area contributed by atoms with Gasteiger partial charge in [0.05, 0.1) is 0 Å². The fourth-order valence-electron chi connectivity index (χ4n) is 4.00. The minimum absolute atomic E-state index is 0.470. The van der Waals surface area contributed by atoms with Gasteiger partial charge < -0.3 is 5.11 Å². The van der Waals surface area contributed by atoms with Gasteiger partial charge in [-0.15, -0.1) is 0 Å². The fourth-order valence-corrected chi connectivity index (χ4v) is 4.00. The third-order valence-electron chi connectivity index (χ3n) is 5.24. The highest BCUT2D eigenvalue weighted by atomic mass is 16.3. The van der Waals surface area contributed by atoms with Crippen molar-refractivity contribution in [3.8, 4) is 0 Å². The number of nitrogens with zero attached hydrogens (tertiary/aromatic N) is 1. The normalized spacial score (nSPS) is 21.3. The summed E-state index contributed by atoms with van der Waals surface area (Å²) < 4.78 is 0. The van der Waals surface area contributed by atoms with Gasteiger partial charge in [-0.1, -0.05) is 67.1 Å². The fraction of sp³-hybridized carbons (Fsp3) is 0.455. The van der Waals surface area contributed by atoms with Gasteiger partial charge in [-0.2, -0.15) is 0 Å². The molecule has 1 unspecified atom stereocenters. The minimum atomic E-state index is -0.775. The van der Waals surface area contributed by atoms with Crippen LogP contribution in [-0.2, 0) is 12.8 Å². The zero-order valence-corrected chi connectivity index (χ0v) is 14.7. The monoisotopic (exact) mass is 323 g/mol. The highest BCUT2D eigenvalue weighted by Crippen LogP contribution is 2.29. The maximum Gasteiger partial charge on any atom is 0.119 e. The molecule has 1 heterocycles. The number of hydrogen-bond acceptors (Lipinski definition) is 2. The average Bonchev–Trinajstić information content (AvgIpc) is 2.61. The Labute approximate surface area is 146 Å². The molecule has 1 fully saturated rings. The van der Waals surface area contributed by atoms with E-state index in [0.717, 1.165) is 19.4 Å². The van der Waals surface area contributed by atoms with Crippen molar-refractivity contribution < 1.29 is 5.11 Å². The Kier molecular flexibility index (Phi) is 5.70. The lowest BCUT2D eigenvalue weighted by Gasteiger charge is -2.45. The van der Waals surface area contributed by atoms with E-state index >= 15 is 0 Å². The number of benzene rings is 2. The van der Waals surface area contributed by atoms with Crippen LogP contribution in [0.4, 0.5) is 0 Å². The van der Waals surface area contributed by atoms with Gasteiger partial charge in [0.1, 0.15) is 5.72 Å². The summed E-state index contributed by atoms with van der Waals surface area (Å²) in [6.07, 6.45) is 6.55. The Balaban J connectivity index is 1.66. The Bertz CT molecular complexity index is 608. The van der Waals surface area contributed by atoms with Gasteiger partial charge in [-0.3, -0.25) is 4.90 Å². The smallest absolute Gasteiger partial charge is 0.119 e. The van der Waals surface area contributed by atoms with Gasteiger partial charge in [0, 0.05) is 19.0 Å². The molecule has 3 rings (SSSR count). The van der Waals surface area contributed by atoms with Crippen LogP contribution in [-0.4, -0.2) is 28.3 Å². The minimum Gasteiger partial charge on any atom is -0.376 e. The topological polar surface area (TPSA) is 23.5 Å². The molecule has 1 aliphatic rings. The summed E-state index contributed by atoms with van der Waals surface area (Å²) in [7, 11) is 0. The summed E-state index contributed by atoms with van der Waals surface area (Å²) in [6, 6.07) is 21.5. The van der Waals surface area contributed by atoms with E-state index in [1.165, 1.54) is 30.4 Å². The van der Waals surface area contributed by atoms with Gasteiger partial charge in [0.15, 0.2) is 0 Å². The van der Waals surface area contributed by atoms with E-state index in [2.05, 4.69) is 59.5 Å². The lowest BCUT2D eigenvalue weighted by atomic mass is 9.91. The second kappa shape index (κ2) is 7.96. The van der Waals surface area contributed by atoms with Crippen molar-refractivity contribution in [3.63, 3.8) is 0 Å². The van der Waals surface area contributed by atoms with Crippen LogP contribution in [0.1, 0.15) is 43.7 Å². The van der Waals surface area contributed by atoms with Crippen molar-refractivity contribution in [3.05, 3.63) is 71.8 Å². The molecule has 2 aromatic carbocycles.